The largest absolute Gasteiger partial charge is 0.494 e. The van der Waals surface area contributed by atoms with Crippen LogP contribution in [0.4, 0.5) is 5.69 Å². The molecule has 3 nitrogen and oxygen atoms in total. The molecule has 0 N–H and O–H groups in total. The molecule has 1 rings (SSSR count). The van der Waals surface area contributed by atoms with Crippen LogP contribution in [0.25, 0.3) is 4.85 Å². The summed E-state index contributed by atoms with van der Waals surface area (Å²) in [7, 11) is 3.10. The van der Waals surface area contributed by atoms with Crippen LogP contribution in [0.5, 0.6) is 11.5 Å². The molecule has 0 aliphatic rings. The van der Waals surface area contributed by atoms with Gasteiger partial charge in [0.2, 0.25) is 0 Å². The van der Waals surface area contributed by atoms with Gasteiger partial charge in [0.05, 0.1) is 25.3 Å². The van der Waals surface area contributed by atoms with Gasteiger partial charge in [-0.1, -0.05) is 0 Å². The zero-order valence-corrected chi connectivity index (χ0v) is 8.88. The molecule has 0 heterocycles. The summed E-state index contributed by atoms with van der Waals surface area (Å²) in [5.41, 5.74) is 0.518. The quantitative estimate of drug-likeness (QED) is 0.744. The van der Waals surface area contributed by atoms with Gasteiger partial charge in [-0.3, -0.25) is 0 Å². The zero-order valence-electron chi connectivity index (χ0n) is 7.30. The molecule has 0 saturated carbocycles. The van der Waals surface area contributed by atoms with Crippen LogP contribution in [0.3, 0.4) is 0 Å². The highest BCUT2D eigenvalue weighted by atomic mass is 79.9. The summed E-state index contributed by atoms with van der Waals surface area (Å²) in [6.45, 7) is 6.85. The first-order chi connectivity index (χ1) is 6.22. The number of ether oxygens (including phenoxy) is 2. The fourth-order valence-corrected chi connectivity index (χ4v) is 1.56. The van der Waals surface area contributed by atoms with E-state index in [9.17, 15) is 0 Å². The Hall–Kier alpha value is -1.21. The van der Waals surface area contributed by atoms with Gasteiger partial charge in [0.1, 0.15) is 0 Å². The summed E-state index contributed by atoms with van der Waals surface area (Å²) in [5.74, 6) is 1.16. The first-order valence-electron chi connectivity index (χ1n) is 3.52. The average Bonchev–Trinajstić information content (AvgIpc) is 2.16. The van der Waals surface area contributed by atoms with Gasteiger partial charge in [0.25, 0.3) is 0 Å². The Bertz CT molecular complexity index is 357. The van der Waals surface area contributed by atoms with Crippen molar-refractivity contribution in [3.8, 4) is 11.5 Å². The molecule has 1 aromatic rings. The first-order valence-corrected chi connectivity index (χ1v) is 4.31. The third-order valence-corrected chi connectivity index (χ3v) is 2.14. The number of hydrogen-bond donors (Lipinski definition) is 0. The summed E-state index contributed by atoms with van der Waals surface area (Å²) >= 11 is 3.29. The Labute approximate surface area is 85.2 Å². The van der Waals surface area contributed by atoms with Gasteiger partial charge in [0.15, 0.2) is 17.2 Å². The molecule has 4 heteroatoms. The van der Waals surface area contributed by atoms with Gasteiger partial charge in [0, 0.05) is 0 Å². The molecule has 0 aromatic heterocycles. The molecule has 0 radical (unpaired) electrons. The number of hydrogen-bond acceptors (Lipinski definition) is 2. The Balaban J connectivity index is 3.31. The monoisotopic (exact) mass is 241 g/mol. The number of halogens is 1. The minimum Gasteiger partial charge on any atom is -0.494 e. The second-order valence-corrected chi connectivity index (χ2v) is 3.13. The van der Waals surface area contributed by atoms with Crippen molar-refractivity contribution in [3.63, 3.8) is 0 Å². The Morgan fingerprint density at radius 3 is 2.46 bits per heavy atom. The van der Waals surface area contributed by atoms with Crippen molar-refractivity contribution in [2.24, 2.45) is 0 Å². The molecule has 0 aliphatic heterocycles. The van der Waals surface area contributed by atoms with Crippen molar-refractivity contribution < 1.29 is 9.47 Å². The van der Waals surface area contributed by atoms with E-state index in [1.54, 1.807) is 19.2 Å². The van der Waals surface area contributed by atoms with E-state index in [-0.39, 0.29) is 0 Å². The lowest BCUT2D eigenvalue weighted by atomic mass is 10.3. The first kappa shape index (κ1) is 9.87. The van der Waals surface area contributed by atoms with E-state index >= 15 is 0 Å². The molecule has 0 amide bonds. The van der Waals surface area contributed by atoms with Crippen LogP contribution in [0, 0.1) is 6.57 Å². The molecule has 0 aliphatic carbocycles. The van der Waals surface area contributed by atoms with Crippen LogP contribution < -0.4 is 9.47 Å². The van der Waals surface area contributed by atoms with E-state index in [1.807, 2.05) is 0 Å². The van der Waals surface area contributed by atoms with Crippen LogP contribution in [0.1, 0.15) is 0 Å². The summed E-state index contributed by atoms with van der Waals surface area (Å²) in [4.78, 5) is 3.30. The van der Waals surface area contributed by atoms with Crippen molar-refractivity contribution in [2.75, 3.05) is 14.2 Å². The van der Waals surface area contributed by atoms with Gasteiger partial charge >= 0.3 is 0 Å². The van der Waals surface area contributed by atoms with Crippen LogP contribution in [0.15, 0.2) is 16.6 Å². The van der Waals surface area contributed by atoms with Crippen molar-refractivity contribution in [1.82, 2.24) is 0 Å². The highest BCUT2D eigenvalue weighted by Crippen LogP contribution is 2.38. The van der Waals surface area contributed by atoms with Crippen molar-refractivity contribution in [1.29, 1.82) is 0 Å². The summed E-state index contributed by atoms with van der Waals surface area (Å²) < 4.78 is 10.9. The Morgan fingerprint density at radius 1 is 1.31 bits per heavy atom. The standard InChI is InChI=1S/C9H8BrNO2/c1-11-6-4-7(10)9(13-3)8(5-6)12-2/h4-5H,2-3H3. The Kier molecular flexibility index (Phi) is 3.15. The topological polar surface area (TPSA) is 22.8 Å². The Morgan fingerprint density at radius 2 is 2.00 bits per heavy atom. The molecule has 1 aromatic carbocycles. The van der Waals surface area contributed by atoms with Gasteiger partial charge < -0.3 is 9.47 Å². The fourth-order valence-electron chi connectivity index (χ4n) is 0.969. The van der Waals surface area contributed by atoms with Crippen molar-refractivity contribution in [3.05, 3.63) is 28.0 Å². The van der Waals surface area contributed by atoms with Gasteiger partial charge in [-0.25, -0.2) is 4.85 Å². The number of methoxy groups -OCH3 is 2. The second kappa shape index (κ2) is 4.15. The summed E-state index contributed by atoms with van der Waals surface area (Å²) in [5, 5.41) is 0. The molecule has 68 valence electrons. The lowest BCUT2D eigenvalue weighted by Crippen LogP contribution is -1.90. The summed E-state index contributed by atoms with van der Waals surface area (Å²) in [6.07, 6.45) is 0. The normalized spacial score (nSPS) is 9.08. The maximum absolute atomic E-state index is 6.85. The van der Waals surface area contributed by atoms with Crippen LogP contribution >= 0.6 is 15.9 Å². The van der Waals surface area contributed by atoms with Crippen LogP contribution in [-0.4, -0.2) is 14.2 Å². The molecule has 0 fully saturated rings. The molecular weight excluding hydrogens is 234 g/mol. The van der Waals surface area contributed by atoms with E-state index in [2.05, 4.69) is 20.8 Å². The van der Waals surface area contributed by atoms with E-state index < -0.39 is 0 Å². The van der Waals surface area contributed by atoms with Gasteiger partial charge in [-0.2, -0.15) is 0 Å². The summed E-state index contributed by atoms with van der Waals surface area (Å²) in [6, 6.07) is 3.32. The molecule has 0 atom stereocenters. The highest BCUT2D eigenvalue weighted by molar-refractivity contribution is 9.10. The smallest absolute Gasteiger partial charge is 0.192 e. The number of benzene rings is 1. The van der Waals surface area contributed by atoms with E-state index in [4.69, 9.17) is 16.0 Å². The maximum atomic E-state index is 6.85. The average molecular weight is 242 g/mol. The van der Waals surface area contributed by atoms with E-state index in [0.717, 1.165) is 4.47 Å². The predicted octanol–water partition coefficient (Wildman–Crippen LogP) is 3.02. The lowest BCUT2D eigenvalue weighted by molar-refractivity contribution is 0.353. The molecule has 0 saturated heterocycles. The zero-order chi connectivity index (χ0) is 9.84. The van der Waals surface area contributed by atoms with E-state index in [0.29, 0.717) is 17.2 Å². The fraction of sp³-hybridized carbons (Fsp3) is 0.222. The van der Waals surface area contributed by atoms with Crippen molar-refractivity contribution >= 4 is 21.6 Å². The van der Waals surface area contributed by atoms with Gasteiger partial charge in [-0.05, 0) is 28.1 Å². The molecule has 13 heavy (non-hydrogen) atoms. The van der Waals surface area contributed by atoms with Crippen LogP contribution in [0.2, 0.25) is 0 Å². The minimum absolute atomic E-state index is 0.518. The predicted molar refractivity (Wildman–Crippen MR) is 53.5 cm³/mol. The highest BCUT2D eigenvalue weighted by Gasteiger charge is 2.09. The van der Waals surface area contributed by atoms with Gasteiger partial charge in [-0.15, -0.1) is 0 Å². The molecular formula is C9H8BrNO2. The van der Waals surface area contributed by atoms with Crippen LogP contribution in [-0.2, 0) is 0 Å². The lowest BCUT2D eigenvalue weighted by Gasteiger charge is -2.09. The molecule has 0 unspecified atom stereocenters. The number of rotatable bonds is 2. The second-order valence-electron chi connectivity index (χ2n) is 2.27. The minimum atomic E-state index is 0.518. The maximum Gasteiger partial charge on any atom is 0.192 e. The number of nitrogens with zero attached hydrogens (tertiary/aromatic N) is 1. The van der Waals surface area contributed by atoms with E-state index in [1.165, 1.54) is 7.11 Å². The third kappa shape index (κ3) is 1.93. The molecule has 0 spiro atoms. The van der Waals surface area contributed by atoms with Crippen molar-refractivity contribution in [2.45, 2.75) is 0 Å². The third-order valence-electron chi connectivity index (χ3n) is 1.55. The molecule has 0 bridgehead atoms. The SMILES string of the molecule is [C-]#[N+]c1cc(Br)c(OC)c(OC)c1.